The number of benzene rings is 1. The maximum Gasteiger partial charge on any atom is 0.177 e. The highest BCUT2D eigenvalue weighted by atomic mass is 16.1. The predicted octanol–water partition coefficient (Wildman–Crippen LogP) is 2.82. The number of likely N-dealkylation sites (N-methyl/N-ethyl adjacent to an activating group) is 1. The molecular weight excluding hydrogens is 260 g/mol. The highest BCUT2D eigenvalue weighted by Crippen LogP contribution is 2.20. The largest absolute Gasteiger partial charge is 0.299 e. The second-order valence-corrected chi connectivity index (χ2v) is 7.12. The summed E-state index contributed by atoms with van der Waals surface area (Å²) in [5, 5.41) is 0. The maximum absolute atomic E-state index is 12.6. The molecule has 0 atom stereocenters. The van der Waals surface area contributed by atoms with Crippen molar-refractivity contribution in [3.8, 4) is 0 Å². The van der Waals surface area contributed by atoms with E-state index < -0.39 is 0 Å². The van der Waals surface area contributed by atoms with Gasteiger partial charge in [0.15, 0.2) is 5.78 Å². The summed E-state index contributed by atoms with van der Waals surface area (Å²) in [5.41, 5.74) is 4.57. The molecule has 1 aromatic rings. The number of nitrogens with zero attached hydrogens (tertiary/aromatic N) is 2. The van der Waals surface area contributed by atoms with E-state index >= 15 is 0 Å². The molecule has 1 heterocycles. The smallest absolute Gasteiger partial charge is 0.177 e. The van der Waals surface area contributed by atoms with Crippen molar-refractivity contribution in [2.24, 2.45) is 0 Å². The Balaban J connectivity index is 2.10. The van der Waals surface area contributed by atoms with Gasteiger partial charge in [0, 0.05) is 30.7 Å². The van der Waals surface area contributed by atoms with Crippen molar-refractivity contribution in [2.45, 2.75) is 40.2 Å². The summed E-state index contributed by atoms with van der Waals surface area (Å²) < 4.78 is 0. The predicted molar refractivity (Wildman–Crippen MR) is 88.1 cm³/mol. The van der Waals surface area contributed by atoms with Crippen molar-refractivity contribution in [1.82, 2.24) is 9.80 Å². The van der Waals surface area contributed by atoms with E-state index in [9.17, 15) is 4.79 Å². The summed E-state index contributed by atoms with van der Waals surface area (Å²) >= 11 is 0. The van der Waals surface area contributed by atoms with Crippen LogP contribution in [0, 0.1) is 20.8 Å². The molecule has 0 saturated carbocycles. The third kappa shape index (κ3) is 3.53. The normalized spacial score (nSPS) is 19.7. The van der Waals surface area contributed by atoms with E-state index in [4.69, 9.17) is 0 Å². The molecule has 0 spiro atoms. The van der Waals surface area contributed by atoms with Crippen LogP contribution >= 0.6 is 0 Å². The summed E-state index contributed by atoms with van der Waals surface area (Å²) in [6.07, 6.45) is 0. The van der Waals surface area contributed by atoms with Crippen LogP contribution in [0.15, 0.2) is 12.1 Å². The fourth-order valence-corrected chi connectivity index (χ4v) is 3.03. The van der Waals surface area contributed by atoms with Crippen molar-refractivity contribution < 1.29 is 4.79 Å². The van der Waals surface area contributed by atoms with Crippen LogP contribution in [0.2, 0.25) is 0 Å². The molecule has 1 aliphatic heterocycles. The zero-order valence-electron chi connectivity index (χ0n) is 14.3. The lowest BCUT2D eigenvalue weighted by molar-refractivity contribution is 0.0389. The van der Waals surface area contributed by atoms with E-state index in [-0.39, 0.29) is 11.3 Å². The third-order valence-electron chi connectivity index (χ3n) is 4.90. The number of carbonyl (C=O) groups excluding carboxylic acids is 1. The van der Waals surface area contributed by atoms with Gasteiger partial charge >= 0.3 is 0 Å². The van der Waals surface area contributed by atoms with Gasteiger partial charge in [-0.1, -0.05) is 6.07 Å². The highest BCUT2D eigenvalue weighted by Gasteiger charge is 2.31. The van der Waals surface area contributed by atoms with Crippen molar-refractivity contribution in [2.75, 3.05) is 33.2 Å². The molecular formula is C18H28N2O. The number of carbonyl (C=O) groups is 1. The average molecular weight is 288 g/mol. The molecule has 0 radical (unpaired) electrons. The molecule has 0 unspecified atom stereocenters. The van der Waals surface area contributed by atoms with Gasteiger partial charge in [-0.2, -0.15) is 0 Å². The molecule has 0 N–H and O–H groups in total. The van der Waals surface area contributed by atoms with Crippen molar-refractivity contribution in [1.29, 1.82) is 0 Å². The summed E-state index contributed by atoms with van der Waals surface area (Å²) in [4.78, 5) is 17.3. The Labute approximate surface area is 128 Å². The first-order valence-corrected chi connectivity index (χ1v) is 7.75. The van der Waals surface area contributed by atoms with E-state index in [0.29, 0.717) is 6.54 Å². The van der Waals surface area contributed by atoms with Crippen LogP contribution in [-0.2, 0) is 0 Å². The first-order chi connectivity index (χ1) is 9.70. The minimum atomic E-state index is 0.136. The van der Waals surface area contributed by atoms with Crippen molar-refractivity contribution in [3.63, 3.8) is 0 Å². The van der Waals surface area contributed by atoms with Crippen LogP contribution in [0.1, 0.15) is 40.9 Å². The van der Waals surface area contributed by atoms with E-state index in [2.05, 4.69) is 50.6 Å². The minimum absolute atomic E-state index is 0.136. The lowest BCUT2D eigenvalue weighted by Crippen LogP contribution is -2.58. The van der Waals surface area contributed by atoms with Crippen LogP contribution in [0.3, 0.4) is 0 Å². The van der Waals surface area contributed by atoms with Crippen LogP contribution in [0.25, 0.3) is 0 Å². The Morgan fingerprint density at radius 2 is 1.71 bits per heavy atom. The molecule has 1 fully saturated rings. The van der Waals surface area contributed by atoms with Gasteiger partial charge in [-0.05, 0) is 64.4 Å². The number of aryl methyl sites for hydroxylation is 3. The third-order valence-corrected chi connectivity index (χ3v) is 4.90. The average Bonchev–Trinajstić information content (AvgIpc) is 2.37. The van der Waals surface area contributed by atoms with Gasteiger partial charge in [-0.3, -0.25) is 14.6 Å². The zero-order chi connectivity index (χ0) is 15.8. The molecule has 0 aromatic heterocycles. The molecule has 0 amide bonds. The first kappa shape index (κ1) is 16.2. The molecule has 21 heavy (non-hydrogen) atoms. The van der Waals surface area contributed by atoms with Gasteiger partial charge in [0.1, 0.15) is 0 Å². The molecule has 3 nitrogen and oxygen atoms in total. The lowest BCUT2D eigenvalue weighted by atomic mass is 9.96. The number of ketones is 1. The Morgan fingerprint density at radius 1 is 1.10 bits per heavy atom. The van der Waals surface area contributed by atoms with Gasteiger partial charge in [-0.15, -0.1) is 0 Å². The molecule has 3 heteroatoms. The standard InChI is InChI=1S/C18H28N2O/c1-13-9-15(3)16(10-14(13)2)17(21)11-20-8-7-19(6)18(4,5)12-20/h9-10H,7-8,11-12H2,1-6H3. The first-order valence-electron chi connectivity index (χ1n) is 7.75. The van der Waals surface area contributed by atoms with Crippen LogP contribution < -0.4 is 0 Å². The number of piperazine rings is 1. The maximum atomic E-state index is 12.6. The Morgan fingerprint density at radius 3 is 2.33 bits per heavy atom. The van der Waals surface area contributed by atoms with E-state index in [0.717, 1.165) is 30.8 Å². The summed E-state index contributed by atoms with van der Waals surface area (Å²) in [7, 11) is 2.16. The molecule has 1 aromatic carbocycles. The fraction of sp³-hybridized carbons (Fsp3) is 0.611. The van der Waals surface area contributed by atoms with Gasteiger partial charge in [0.2, 0.25) is 0 Å². The number of rotatable bonds is 3. The quantitative estimate of drug-likeness (QED) is 0.799. The fourth-order valence-electron chi connectivity index (χ4n) is 3.03. The SMILES string of the molecule is Cc1cc(C)c(C(=O)CN2CCN(C)C(C)(C)C2)cc1C. The van der Waals surface area contributed by atoms with E-state index in [1.54, 1.807) is 0 Å². The van der Waals surface area contributed by atoms with Crippen molar-refractivity contribution >= 4 is 5.78 Å². The highest BCUT2D eigenvalue weighted by molar-refractivity contribution is 5.99. The van der Waals surface area contributed by atoms with E-state index in [1.165, 1.54) is 11.1 Å². The zero-order valence-corrected chi connectivity index (χ0v) is 14.3. The molecule has 0 bridgehead atoms. The molecule has 2 rings (SSSR count). The van der Waals surface area contributed by atoms with Crippen LogP contribution in [0.5, 0.6) is 0 Å². The lowest BCUT2D eigenvalue weighted by Gasteiger charge is -2.45. The van der Waals surface area contributed by atoms with Gasteiger partial charge in [0.25, 0.3) is 0 Å². The molecule has 0 aliphatic carbocycles. The second kappa shape index (κ2) is 5.90. The number of hydrogen-bond acceptors (Lipinski definition) is 3. The van der Waals surface area contributed by atoms with Crippen LogP contribution in [0.4, 0.5) is 0 Å². The van der Waals surface area contributed by atoms with Crippen LogP contribution in [-0.4, -0.2) is 54.3 Å². The monoisotopic (exact) mass is 288 g/mol. The number of hydrogen-bond donors (Lipinski definition) is 0. The Hall–Kier alpha value is -1.19. The minimum Gasteiger partial charge on any atom is -0.299 e. The summed E-state index contributed by atoms with van der Waals surface area (Å²) in [6, 6.07) is 4.17. The number of Topliss-reactive ketones (excluding diaryl/α,β-unsaturated/α-hetero) is 1. The summed E-state index contributed by atoms with van der Waals surface area (Å²) in [5.74, 6) is 0.246. The van der Waals surface area contributed by atoms with Gasteiger partial charge in [-0.25, -0.2) is 0 Å². The second-order valence-electron chi connectivity index (χ2n) is 7.12. The Bertz CT molecular complexity index is 548. The van der Waals surface area contributed by atoms with Gasteiger partial charge in [0.05, 0.1) is 6.54 Å². The molecule has 1 aliphatic rings. The summed E-state index contributed by atoms with van der Waals surface area (Å²) in [6.45, 7) is 14.1. The van der Waals surface area contributed by atoms with E-state index in [1.807, 2.05) is 13.0 Å². The van der Waals surface area contributed by atoms with Gasteiger partial charge < -0.3 is 0 Å². The molecule has 1 saturated heterocycles. The topological polar surface area (TPSA) is 23.6 Å². The Kier molecular flexibility index (Phi) is 4.54. The molecule has 116 valence electrons. The van der Waals surface area contributed by atoms with Crippen molar-refractivity contribution in [3.05, 3.63) is 34.4 Å².